The zero-order valence-electron chi connectivity index (χ0n) is 15.1. The molecular weight excluding hydrogens is 382 g/mol. The molecule has 0 bridgehead atoms. The molecule has 28 heavy (non-hydrogen) atoms. The van der Waals surface area contributed by atoms with Crippen LogP contribution in [0.4, 0.5) is 5.69 Å². The average molecular weight is 401 g/mol. The number of carbonyl (C=O) groups is 2. The molecule has 1 N–H and O–H groups in total. The molecule has 8 nitrogen and oxygen atoms in total. The number of benzene rings is 2. The van der Waals surface area contributed by atoms with E-state index in [0.717, 1.165) is 0 Å². The fourth-order valence-electron chi connectivity index (χ4n) is 2.29. The smallest absolute Gasteiger partial charge is 0.324 e. The molecule has 0 unspecified atom stereocenters. The van der Waals surface area contributed by atoms with Gasteiger partial charge < -0.3 is 4.74 Å². The minimum absolute atomic E-state index is 0.00926. The van der Waals surface area contributed by atoms with Gasteiger partial charge in [-0.3, -0.25) is 14.5 Å². The summed E-state index contributed by atoms with van der Waals surface area (Å²) in [6.45, 7) is 0.487. The van der Waals surface area contributed by atoms with Gasteiger partial charge in [0.05, 0.1) is 11.0 Å². The Balaban J connectivity index is 1.96. The van der Waals surface area contributed by atoms with Crippen LogP contribution in [0.15, 0.2) is 65.6 Å². The van der Waals surface area contributed by atoms with Gasteiger partial charge in [0.1, 0.15) is 12.6 Å². The average Bonchev–Trinajstić information content (AvgIpc) is 2.71. The van der Waals surface area contributed by atoms with E-state index in [-0.39, 0.29) is 11.4 Å². The van der Waals surface area contributed by atoms with E-state index in [1.165, 1.54) is 24.0 Å². The van der Waals surface area contributed by atoms with Gasteiger partial charge in [0.25, 0.3) is 5.91 Å². The monoisotopic (exact) mass is 401 g/mol. The molecule has 0 saturated carbocycles. The molecule has 0 heterocycles. The van der Waals surface area contributed by atoms with Crippen molar-refractivity contribution in [1.82, 2.24) is 4.72 Å². The van der Waals surface area contributed by atoms with E-state index in [2.05, 4.69) is 4.72 Å². The SMILES string of the molecule is C[C@H](NS(=O)(=O)c1ccccc1)C(=O)OCC(=O)N(CC#N)c1ccccc1. The summed E-state index contributed by atoms with van der Waals surface area (Å²) >= 11 is 0. The number of nitrogens with one attached hydrogen (secondary N) is 1. The second kappa shape index (κ2) is 9.64. The van der Waals surface area contributed by atoms with Crippen LogP contribution in [-0.4, -0.2) is 39.5 Å². The number of hydrogen-bond donors (Lipinski definition) is 1. The van der Waals surface area contributed by atoms with E-state index in [0.29, 0.717) is 5.69 Å². The third-order valence-corrected chi connectivity index (χ3v) is 5.23. The van der Waals surface area contributed by atoms with Gasteiger partial charge in [0.2, 0.25) is 10.0 Å². The van der Waals surface area contributed by atoms with Crippen LogP contribution in [0.25, 0.3) is 0 Å². The predicted octanol–water partition coefficient (Wildman–Crippen LogP) is 1.45. The highest BCUT2D eigenvalue weighted by Crippen LogP contribution is 2.13. The highest BCUT2D eigenvalue weighted by molar-refractivity contribution is 7.89. The number of amides is 1. The zero-order chi connectivity index (χ0) is 20.6. The molecule has 0 saturated heterocycles. The molecule has 9 heteroatoms. The van der Waals surface area contributed by atoms with Gasteiger partial charge in [0.15, 0.2) is 6.61 Å². The van der Waals surface area contributed by atoms with Crippen LogP contribution in [0, 0.1) is 11.3 Å². The predicted molar refractivity (Wildman–Crippen MR) is 102 cm³/mol. The number of nitrogens with zero attached hydrogens (tertiary/aromatic N) is 2. The molecular formula is C19H19N3O5S. The normalized spacial score (nSPS) is 11.9. The molecule has 0 aliphatic carbocycles. The van der Waals surface area contributed by atoms with Crippen LogP contribution in [0.3, 0.4) is 0 Å². The maximum absolute atomic E-state index is 12.3. The van der Waals surface area contributed by atoms with Crippen LogP contribution >= 0.6 is 0 Å². The Morgan fingerprint density at radius 3 is 2.25 bits per heavy atom. The van der Waals surface area contributed by atoms with Gasteiger partial charge in [-0.15, -0.1) is 0 Å². The highest BCUT2D eigenvalue weighted by Gasteiger charge is 2.24. The maximum atomic E-state index is 12.3. The fraction of sp³-hybridized carbons (Fsp3) is 0.211. The minimum atomic E-state index is -3.90. The van der Waals surface area contributed by atoms with Gasteiger partial charge >= 0.3 is 5.97 Å². The minimum Gasteiger partial charge on any atom is -0.454 e. The first-order valence-electron chi connectivity index (χ1n) is 8.31. The summed E-state index contributed by atoms with van der Waals surface area (Å²) in [6, 6.07) is 16.7. The highest BCUT2D eigenvalue weighted by atomic mass is 32.2. The van der Waals surface area contributed by atoms with Crippen LogP contribution in [0.2, 0.25) is 0 Å². The Morgan fingerprint density at radius 2 is 1.68 bits per heavy atom. The number of sulfonamides is 1. The van der Waals surface area contributed by atoms with Gasteiger partial charge in [0, 0.05) is 5.69 Å². The summed E-state index contributed by atoms with van der Waals surface area (Å²) in [4.78, 5) is 25.6. The van der Waals surface area contributed by atoms with Crippen molar-refractivity contribution in [2.75, 3.05) is 18.1 Å². The summed E-state index contributed by atoms with van der Waals surface area (Å²) in [5.74, 6) is -1.50. The summed E-state index contributed by atoms with van der Waals surface area (Å²) in [5, 5.41) is 8.92. The van der Waals surface area contributed by atoms with E-state index < -0.39 is 34.5 Å². The van der Waals surface area contributed by atoms with Crippen molar-refractivity contribution in [3.8, 4) is 6.07 Å². The van der Waals surface area contributed by atoms with Crippen LogP contribution in [0.5, 0.6) is 0 Å². The van der Waals surface area contributed by atoms with Gasteiger partial charge in [-0.25, -0.2) is 8.42 Å². The number of para-hydroxylation sites is 1. The van der Waals surface area contributed by atoms with Gasteiger partial charge in [-0.05, 0) is 31.2 Å². The summed E-state index contributed by atoms with van der Waals surface area (Å²) < 4.78 is 31.6. The first-order valence-corrected chi connectivity index (χ1v) is 9.80. The van der Waals surface area contributed by atoms with Gasteiger partial charge in [-0.1, -0.05) is 36.4 Å². The van der Waals surface area contributed by atoms with Crippen molar-refractivity contribution in [3.05, 3.63) is 60.7 Å². The van der Waals surface area contributed by atoms with Crippen molar-refractivity contribution < 1.29 is 22.7 Å². The maximum Gasteiger partial charge on any atom is 0.324 e. The summed E-state index contributed by atoms with van der Waals surface area (Å²) in [6.07, 6.45) is 0. The van der Waals surface area contributed by atoms with Crippen molar-refractivity contribution in [2.45, 2.75) is 17.9 Å². The first kappa shape index (κ1) is 21.1. The van der Waals surface area contributed by atoms with Crippen molar-refractivity contribution >= 4 is 27.6 Å². The van der Waals surface area contributed by atoms with Crippen LogP contribution < -0.4 is 9.62 Å². The Kier molecular flexibility index (Phi) is 7.26. The van der Waals surface area contributed by atoms with Crippen molar-refractivity contribution in [2.24, 2.45) is 0 Å². The van der Waals surface area contributed by atoms with E-state index in [9.17, 15) is 18.0 Å². The fourth-order valence-corrected chi connectivity index (χ4v) is 3.50. The number of nitriles is 1. The van der Waals surface area contributed by atoms with Crippen molar-refractivity contribution in [3.63, 3.8) is 0 Å². The quantitative estimate of drug-likeness (QED) is 0.529. The van der Waals surface area contributed by atoms with E-state index in [1.807, 2.05) is 6.07 Å². The number of ether oxygens (including phenoxy) is 1. The second-order valence-corrected chi connectivity index (χ2v) is 7.45. The topological polar surface area (TPSA) is 117 Å². The van der Waals surface area contributed by atoms with Crippen LogP contribution in [-0.2, 0) is 24.3 Å². The third-order valence-electron chi connectivity index (χ3n) is 3.67. The van der Waals surface area contributed by atoms with E-state index in [1.54, 1.807) is 48.5 Å². The Bertz CT molecular complexity index is 956. The van der Waals surface area contributed by atoms with Gasteiger partial charge in [-0.2, -0.15) is 9.98 Å². The Hall–Kier alpha value is -3.22. The standard InChI is InChI=1S/C19H19N3O5S/c1-15(21-28(25,26)17-10-6-3-7-11-17)19(24)27-14-18(23)22(13-12-20)16-8-4-2-5-9-16/h2-11,15,21H,13-14H2,1H3/t15-/m0/s1. The molecule has 2 aromatic carbocycles. The lowest BCUT2D eigenvalue weighted by atomic mass is 10.3. The summed E-state index contributed by atoms with van der Waals surface area (Å²) in [5.41, 5.74) is 0.489. The largest absolute Gasteiger partial charge is 0.454 e. The lowest BCUT2D eigenvalue weighted by molar-refractivity contribution is -0.149. The zero-order valence-corrected chi connectivity index (χ0v) is 15.9. The molecule has 2 rings (SSSR count). The third kappa shape index (κ3) is 5.64. The summed E-state index contributed by atoms with van der Waals surface area (Å²) in [7, 11) is -3.90. The van der Waals surface area contributed by atoms with E-state index in [4.69, 9.17) is 10.00 Å². The number of esters is 1. The molecule has 2 aromatic rings. The molecule has 146 valence electrons. The van der Waals surface area contributed by atoms with Crippen LogP contribution in [0.1, 0.15) is 6.92 Å². The molecule has 0 aromatic heterocycles. The molecule has 0 spiro atoms. The lowest BCUT2D eigenvalue weighted by Gasteiger charge is -2.20. The Labute approximate surface area is 163 Å². The van der Waals surface area contributed by atoms with E-state index >= 15 is 0 Å². The number of carbonyl (C=O) groups excluding carboxylic acids is 2. The molecule has 1 atom stereocenters. The first-order chi connectivity index (χ1) is 13.3. The molecule has 1 amide bonds. The van der Waals surface area contributed by atoms with Crippen molar-refractivity contribution in [1.29, 1.82) is 5.26 Å². The molecule has 0 radical (unpaired) electrons. The Morgan fingerprint density at radius 1 is 1.11 bits per heavy atom. The number of anilines is 1. The molecule has 0 fully saturated rings. The lowest BCUT2D eigenvalue weighted by Crippen LogP contribution is -2.41. The number of hydrogen-bond acceptors (Lipinski definition) is 6. The second-order valence-electron chi connectivity index (χ2n) is 5.74. The molecule has 0 aliphatic heterocycles. The molecule has 0 aliphatic rings. The number of rotatable bonds is 8.